The second-order valence-electron chi connectivity index (χ2n) is 4.55. The molecule has 3 rings (SSSR count). The first-order chi connectivity index (χ1) is 7.86. The van der Waals surface area contributed by atoms with Gasteiger partial charge in [0.25, 0.3) is 0 Å². The molecule has 0 spiro atoms. The highest BCUT2D eigenvalue weighted by Crippen LogP contribution is 2.38. The van der Waals surface area contributed by atoms with Crippen molar-refractivity contribution in [1.82, 2.24) is 0 Å². The normalized spacial score (nSPS) is 27.1. The first-order valence-electron chi connectivity index (χ1n) is 5.98. The zero-order chi connectivity index (χ0) is 11.0. The molecule has 2 atom stereocenters. The molecule has 1 aromatic rings. The third-order valence-electron chi connectivity index (χ3n) is 3.51. The number of anilines is 1. The van der Waals surface area contributed by atoms with Crippen LogP contribution in [0.25, 0.3) is 0 Å². The second kappa shape index (κ2) is 3.89. The largest absolute Gasteiger partial charge is 0.497 e. The van der Waals surface area contributed by atoms with Crippen molar-refractivity contribution in [1.29, 1.82) is 0 Å². The lowest BCUT2D eigenvalue weighted by Crippen LogP contribution is -2.43. The Morgan fingerprint density at radius 2 is 2.19 bits per heavy atom. The van der Waals surface area contributed by atoms with Gasteiger partial charge in [-0.3, -0.25) is 0 Å². The molecule has 0 aromatic heterocycles. The third-order valence-corrected chi connectivity index (χ3v) is 3.51. The zero-order valence-corrected chi connectivity index (χ0v) is 9.53. The zero-order valence-electron chi connectivity index (χ0n) is 9.53. The van der Waals surface area contributed by atoms with E-state index in [4.69, 9.17) is 9.47 Å². The Morgan fingerprint density at radius 1 is 1.31 bits per heavy atom. The fraction of sp³-hybridized carbons (Fsp3) is 0.538. The number of benzene rings is 1. The van der Waals surface area contributed by atoms with Crippen LogP contribution in [-0.2, 0) is 0 Å². The van der Waals surface area contributed by atoms with Crippen molar-refractivity contribution < 1.29 is 9.47 Å². The van der Waals surface area contributed by atoms with Crippen LogP contribution in [0.15, 0.2) is 18.2 Å². The molecule has 0 radical (unpaired) electrons. The Morgan fingerprint density at radius 3 is 3.06 bits per heavy atom. The molecule has 2 unspecified atom stereocenters. The molecule has 3 heteroatoms. The molecule has 0 amide bonds. The Kier molecular flexibility index (Phi) is 2.39. The van der Waals surface area contributed by atoms with Crippen LogP contribution in [0.2, 0.25) is 0 Å². The Bertz CT molecular complexity index is 392. The average molecular weight is 219 g/mol. The molecule has 1 N–H and O–H groups in total. The maximum atomic E-state index is 6.02. The molecule has 16 heavy (non-hydrogen) atoms. The number of rotatable bonds is 1. The molecule has 86 valence electrons. The average Bonchev–Trinajstić information content (AvgIpc) is 2.35. The van der Waals surface area contributed by atoms with Gasteiger partial charge in [0.1, 0.15) is 17.6 Å². The van der Waals surface area contributed by atoms with Gasteiger partial charge in [-0.05, 0) is 31.4 Å². The number of ether oxygens (including phenoxy) is 2. The van der Waals surface area contributed by atoms with E-state index in [-0.39, 0.29) is 0 Å². The molecule has 1 saturated carbocycles. The summed E-state index contributed by atoms with van der Waals surface area (Å²) in [4.78, 5) is 0. The first-order valence-corrected chi connectivity index (χ1v) is 5.98. The summed E-state index contributed by atoms with van der Waals surface area (Å²) in [7, 11) is 1.69. The number of fused-ring (bicyclic) bond motifs is 2. The standard InChI is InChI=1S/C13H17NO2/c1-15-9-6-7-13-11(8-9)14-10-4-2-3-5-12(10)16-13/h6-8,10,12,14H,2-5H2,1H3. The predicted octanol–water partition coefficient (Wildman–Crippen LogP) is 2.81. The van der Waals surface area contributed by atoms with Crippen molar-refractivity contribution in [2.24, 2.45) is 0 Å². The van der Waals surface area contributed by atoms with Gasteiger partial charge >= 0.3 is 0 Å². The Labute approximate surface area is 95.8 Å². The van der Waals surface area contributed by atoms with E-state index in [9.17, 15) is 0 Å². The summed E-state index contributed by atoms with van der Waals surface area (Å²) in [6, 6.07) is 6.43. The highest BCUT2D eigenvalue weighted by Gasteiger charge is 2.31. The van der Waals surface area contributed by atoms with Gasteiger partial charge in [0, 0.05) is 6.07 Å². The van der Waals surface area contributed by atoms with Crippen molar-refractivity contribution in [2.75, 3.05) is 12.4 Å². The van der Waals surface area contributed by atoms with Crippen LogP contribution in [0.3, 0.4) is 0 Å². The van der Waals surface area contributed by atoms with E-state index in [0.717, 1.165) is 17.2 Å². The summed E-state index contributed by atoms with van der Waals surface area (Å²) in [5.74, 6) is 1.84. The smallest absolute Gasteiger partial charge is 0.143 e. The third kappa shape index (κ3) is 1.60. The van der Waals surface area contributed by atoms with Gasteiger partial charge in [0.2, 0.25) is 0 Å². The molecule has 1 aliphatic heterocycles. The van der Waals surface area contributed by atoms with Gasteiger partial charge in [-0.15, -0.1) is 0 Å². The molecule has 1 aliphatic carbocycles. The van der Waals surface area contributed by atoms with Crippen LogP contribution >= 0.6 is 0 Å². The molecule has 2 aliphatic rings. The fourth-order valence-corrected chi connectivity index (χ4v) is 2.62. The highest BCUT2D eigenvalue weighted by atomic mass is 16.5. The molecule has 0 saturated heterocycles. The molecular weight excluding hydrogens is 202 g/mol. The topological polar surface area (TPSA) is 30.5 Å². The fourth-order valence-electron chi connectivity index (χ4n) is 2.62. The minimum atomic E-state index is 0.356. The molecule has 3 nitrogen and oxygen atoms in total. The Hall–Kier alpha value is -1.38. The monoisotopic (exact) mass is 219 g/mol. The summed E-state index contributed by atoms with van der Waals surface area (Å²) in [6.45, 7) is 0. The van der Waals surface area contributed by atoms with Crippen LogP contribution in [0.4, 0.5) is 5.69 Å². The van der Waals surface area contributed by atoms with E-state index in [2.05, 4.69) is 5.32 Å². The predicted molar refractivity (Wildman–Crippen MR) is 63.3 cm³/mol. The van der Waals surface area contributed by atoms with E-state index in [1.807, 2.05) is 18.2 Å². The van der Waals surface area contributed by atoms with Crippen molar-refractivity contribution in [3.05, 3.63) is 18.2 Å². The Balaban J connectivity index is 1.89. The van der Waals surface area contributed by atoms with Gasteiger partial charge in [-0.1, -0.05) is 6.42 Å². The molecule has 0 bridgehead atoms. The summed E-state index contributed by atoms with van der Waals surface area (Å²) in [5.41, 5.74) is 1.07. The molecule has 1 aromatic carbocycles. The minimum absolute atomic E-state index is 0.356. The van der Waals surface area contributed by atoms with Crippen molar-refractivity contribution in [3.8, 4) is 11.5 Å². The first kappa shape index (κ1) is 9.82. The van der Waals surface area contributed by atoms with Gasteiger partial charge in [0.15, 0.2) is 0 Å². The van der Waals surface area contributed by atoms with E-state index in [0.29, 0.717) is 12.1 Å². The van der Waals surface area contributed by atoms with Gasteiger partial charge in [-0.2, -0.15) is 0 Å². The number of hydrogen-bond donors (Lipinski definition) is 1. The van der Waals surface area contributed by atoms with Gasteiger partial charge < -0.3 is 14.8 Å². The number of nitrogens with one attached hydrogen (secondary N) is 1. The van der Waals surface area contributed by atoms with E-state index < -0.39 is 0 Å². The summed E-state index contributed by atoms with van der Waals surface area (Å²) in [5, 5.41) is 3.57. The number of hydrogen-bond acceptors (Lipinski definition) is 3. The van der Waals surface area contributed by atoms with Crippen LogP contribution in [0.1, 0.15) is 25.7 Å². The van der Waals surface area contributed by atoms with Crippen LogP contribution in [-0.4, -0.2) is 19.3 Å². The number of methoxy groups -OCH3 is 1. The lowest BCUT2D eigenvalue weighted by atomic mass is 9.91. The maximum absolute atomic E-state index is 6.02. The van der Waals surface area contributed by atoms with E-state index in [1.54, 1.807) is 7.11 Å². The lowest BCUT2D eigenvalue weighted by molar-refractivity contribution is 0.131. The molecule has 1 fully saturated rings. The second-order valence-corrected chi connectivity index (χ2v) is 4.55. The van der Waals surface area contributed by atoms with Crippen molar-refractivity contribution >= 4 is 5.69 Å². The van der Waals surface area contributed by atoms with Crippen LogP contribution < -0.4 is 14.8 Å². The van der Waals surface area contributed by atoms with Gasteiger partial charge in [0.05, 0.1) is 18.8 Å². The van der Waals surface area contributed by atoms with Crippen molar-refractivity contribution in [2.45, 2.75) is 37.8 Å². The summed E-state index contributed by atoms with van der Waals surface area (Å²) >= 11 is 0. The highest BCUT2D eigenvalue weighted by molar-refractivity contribution is 5.62. The van der Waals surface area contributed by atoms with E-state index >= 15 is 0 Å². The minimum Gasteiger partial charge on any atom is -0.497 e. The van der Waals surface area contributed by atoms with Gasteiger partial charge in [-0.25, -0.2) is 0 Å². The van der Waals surface area contributed by atoms with Crippen molar-refractivity contribution in [3.63, 3.8) is 0 Å². The van der Waals surface area contributed by atoms with E-state index in [1.165, 1.54) is 25.7 Å². The maximum Gasteiger partial charge on any atom is 0.143 e. The molecular formula is C13H17NO2. The summed E-state index contributed by atoms with van der Waals surface area (Å²) in [6.07, 6.45) is 5.32. The quantitative estimate of drug-likeness (QED) is 0.787. The lowest BCUT2D eigenvalue weighted by Gasteiger charge is -2.38. The van der Waals surface area contributed by atoms with Crippen LogP contribution in [0.5, 0.6) is 11.5 Å². The summed E-state index contributed by atoms with van der Waals surface area (Å²) < 4.78 is 11.2. The van der Waals surface area contributed by atoms with Crippen LogP contribution in [0, 0.1) is 0 Å². The SMILES string of the molecule is COc1ccc2c(c1)NC1CCCCC1O2. The molecule has 1 heterocycles.